The van der Waals surface area contributed by atoms with Crippen molar-refractivity contribution >= 4 is 5.91 Å². The summed E-state index contributed by atoms with van der Waals surface area (Å²) in [6.45, 7) is 7.41. The molecule has 7 nitrogen and oxygen atoms in total. The Morgan fingerprint density at radius 3 is 2.48 bits per heavy atom. The topological polar surface area (TPSA) is 96.9 Å². The predicted molar refractivity (Wildman–Crippen MR) is 77.8 cm³/mol. The van der Waals surface area contributed by atoms with Gasteiger partial charge in [-0.3, -0.25) is 14.2 Å². The molecular formula is C14H20N4O3. The number of hydrogen-bond acceptors (Lipinski definition) is 4. The highest BCUT2D eigenvalue weighted by atomic mass is 16.2. The monoisotopic (exact) mass is 292 g/mol. The molecule has 0 aliphatic heterocycles. The Bertz CT molecular complexity index is 679. The van der Waals surface area contributed by atoms with E-state index in [1.807, 2.05) is 20.8 Å². The zero-order chi connectivity index (χ0) is 16.2. The maximum Gasteiger partial charge on any atom is 0.331 e. The molecule has 0 aromatic carbocycles. The van der Waals surface area contributed by atoms with Crippen molar-refractivity contribution in [2.45, 2.75) is 46.8 Å². The standard InChI is InChI=1S/C14H20N4O3/c1-5-17-7-11(6-15)13(20)18(14(17)21)8-12(19)16-10(4)9(2)3/h7,9-10H,5,8H2,1-4H3,(H,16,19)/t10-/m0/s1. The van der Waals surface area contributed by atoms with Crippen LogP contribution in [0.3, 0.4) is 0 Å². The van der Waals surface area contributed by atoms with Gasteiger partial charge in [0.1, 0.15) is 18.2 Å². The van der Waals surface area contributed by atoms with E-state index >= 15 is 0 Å². The van der Waals surface area contributed by atoms with E-state index in [-0.39, 0.29) is 24.1 Å². The van der Waals surface area contributed by atoms with Gasteiger partial charge in [0.2, 0.25) is 5.91 Å². The normalized spacial score (nSPS) is 12.0. The van der Waals surface area contributed by atoms with Crippen LogP contribution in [0.1, 0.15) is 33.3 Å². The maximum atomic E-state index is 12.1. The Hall–Kier alpha value is -2.36. The highest BCUT2D eigenvalue weighted by Crippen LogP contribution is 1.99. The number of carbonyl (C=O) groups is 1. The molecule has 7 heteroatoms. The van der Waals surface area contributed by atoms with Crippen molar-refractivity contribution in [2.24, 2.45) is 5.92 Å². The molecule has 0 spiro atoms. The summed E-state index contributed by atoms with van der Waals surface area (Å²) in [5, 5.41) is 11.7. The van der Waals surface area contributed by atoms with Crippen molar-refractivity contribution in [1.82, 2.24) is 14.5 Å². The molecule has 114 valence electrons. The van der Waals surface area contributed by atoms with Crippen LogP contribution in [0, 0.1) is 17.2 Å². The number of aryl methyl sites for hydroxylation is 1. The number of amides is 1. The fraction of sp³-hybridized carbons (Fsp3) is 0.571. The van der Waals surface area contributed by atoms with E-state index < -0.39 is 17.2 Å². The van der Waals surface area contributed by atoms with Gasteiger partial charge in [-0.2, -0.15) is 5.26 Å². The molecule has 1 atom stereocenters. The first-order valence-electron chi connectivity index (χ1n) is 6.85. The molecule has 0 aliphatic rings. The summed E-state index contributed by atoms with van der Waals surface area (Å²) in [5.41, 5.74) is -1.48. The summed E-state index contributed by atoms with van der Waals surface area (Å²) < 4.78 is 2.03. The zero-order valence-corrected chi connectivity index (χ0v) is 12.7. The van der Waals surface area contributed by atoms with Crippen molar-refractivity contribution in [2.75, 3.05) is 0 Å². The molecule has 1 aromatic rings. The number of carbonyl (C=O) groups excluding carboxylic acids is 1. The van der Waals surface area contributed by atoms with E-state index in [1.54, 1.807) is 13.0 Å². The second-order valence-electron chi connectivity index (χ2n) is 5.21. The van der Waals surface area contributed by atoms with Crippen LogP contribution in [-0.2, 0) is 17.9 Å². The van der Waals surface area contributed by atoms with Crippen molar-refractivity contribution in [3.05, 3.63) is 32.6 Å². The molecule has 1 aromatic heterocycles. The third-order valence-corrected chi connectivity index (χ3v) is 3.39. The van der Waals surface area contributed by atoms with Gasteiger partial charge >= 0.3 is 5.69 Å². The van der Waals surface area contributed by atoms with Crippen molar-refractivity contribution in [3.8, 4) is 6.07 Å². The van der Waals surface area contributed by atoms with Crippen LogP contribution in [0.4, 0.5) is 0 Å². The average Bonchev–Trinajstić information content (AvgIpc) is 2.43. The SMILES string of the molecule is CCn1cc(C#N)c(=O)n(CC(=O)N[C@@H](C)C(C)C)c1=O. The molecule has 1 amide bonds. The summed E-state index contributed by atoms with van der Waals surface area (Å²) in [5.74, 6) is -0.184. The Labute approximate surface area is 122 Å². The molecule has 1 N–H and O–H groups in total. The number of nitriles is 1. The van der Waals surface area contributed by atoms with E-state index in [9.17, 15) is 14.4 Å². The molecule has 0 saturated carbocycles. The summed E-state index contributed by atoms with van der Waals surface area (Å²) in [4.78, 5) is 36.0. The quantitative estimate of drug-likeness (QED) is 0.830. The fourth-order valence-electron chi connectivity index (χ4n) is 1.71. The van der Waals surface area contributed by atoms with Gasteiger partial charge in [0.15, 0.2) is 0 Å². The first kappa shape index (κ1) is 16.7. The summed E-state index contributed by atoms with van der Waals surface area (Å²) >= 11 is 0. The second kappa shape index (κ2) is 6.88. The summed E-state index contributed by atoms with van der Waals surface area (Å²) in [7, 11) is 0. The lowest BCUT2D eigenvalue weighted by molar-refractivity contribution is -0.122. The van der Waals surface area contributed by atoms with Gasteiger partial charge in [0, 0.05) is 18.8 Å². The molecule has 21 heavy (non-hydrogen) atoms. The van der Waals surface area contributed by atoms with Crippen LogP contribution < -0.4 is 16.6 Å². The van der Waals surface area contributed by atoms with Gasteiger partial charge in [0.25, 0.3) is 5.56 Å². The molecule has 0 unspecified atom stereocenters. The van der Waals surface area contributed by atoms with Crippen molar-refractivity contribution < 1.29 is 4.79 Å². The van der Waals surface area contributed by atoms with E-state index in [0.717, 1.165) is 4.57 Å². The van der Waals surface area contributed by atoms with Crippen LogP contribution in [0.2, 0.25) is 0 Å². The molecule has 0 fully saturated rings. The highest BCUT2D eigenvalue weighted by Gasteiger charge is 2.16. The third kappa shape index (κ3) is 3.81. The molecule has 0 bridgehead atoms. The minimum absolute atomic E-state index is 0.0687. The van der Waals surface area contributed by atoms with Crippen molar-refractivity contribution in [1.29, 1.82) is 5.26 Å². The minimum Gasteiger partial charge on any atom is -0.352 e. The largest absolute Gasteiger partial charge is 0.352 e. The summed E-state index contributed by atoms with van der Waals surface area (Å²) in [6.07, 6.45) is 1.22. The lowest BCUT2D eigenvalue weighted by Gasteiger charge is -2.17. The van der Waals surface area contributed by atoms with Gasteiger partial charge in [-0.25, -0.2) is 9.36 Å². The van der Waals surface area contributed by atoms with E-state index in [4.69, 9.17) is 5.26 Å². The van der Waals surface area contributed by atoms with Gasteiger partial charge in [0.05, 0.1) is 0 Å². The number of nitrogens with zero attached hydrogens (tertiary/aromatic N) is 3. The molecular weight excluding hydrogens is 272 g/mol. The number of aromatic nitrogens is 2. The zero-order valence-electron chi connectivity index (χ0n) is 12.7. The van der Waals surface area contributed by atoms with Gasteiger partial charge in [-0.1, -0.05) is 13.8 Å². The van der Waals surface area contributed by atoms with E-state index in [0.29, 0.717) is 6.54 Å². The van der Waals surface area contributed by atoms with Crippen LogP contribution in [0.15, 0.2) is 15.8 Å². The molecule has 1 rings (SSSR count). The number of hydrogen-bond donors (Lipinski definition) is 1. The average molecular weight is 292 g/mol. The lowest BCUT2D eigenvalue weighted by atomic mass is 10.1. The molecule has 0 saturated heterocycles. The van der Waals surface area contributed by atoms with E-state index in [1.165, 1.54) is 10.8 Å². The molecule has 1 heterocycles. The first-order chi connectivity index (χ1) is 9.81. The fourth-order valence-corrected chi connectivity index (χ4v) is 1.71. The maximum absolute atomic E-state index is 12.1. The number of rotatable bonds is 5. The van der Waals surface area contributed by atoms with Crippen molar-refractivity contribution in [3.63, 3.8) is 0 Å². The minimum atomic E-state index is -0.737. The summed E-state index contributed by atoms with van der Waals surface area (Å²) in [6, 6.07) is 1.68. The van der Waals surface area contributed by atoms with Crippen LogP contribution >= 0.6 is 0 Å². The number of nitrogens with one attached hydrogen (secondary N) is 1. The van der Waals surface area contributed by atoms with Crippen LogP contribution in [0.25, 0.3) is 0 Å². The molecule has 0 radical (unpaired) electrons. The van der Waals surface area contributed by atoms with Gasteiger partial charge in [-0.05, 0) is 19.8 Å². The van der Waals surface area contributed by atoms with Crippen LogP contribution in [0.5, 0.6) is 0 Å². The van der Waals surface area contributed by atoms with E-state index in [2.05, 4.69) is 5.32 Å². The van der Waals surface area contributed by atoms with Gasteiger partial charge < -0.3 is 5.32 Å². The Balaban J connectivity index is 3.14. The Morgan fingerprint density at radius 1 is 1.38 bits per heavy atom. The lowest BCUT2D eigenvalue weighted by Crippen LogP contribution is -2.46. The highest BCUT2D eigenvalue weighted by molar-refractivity contribution is 5.76. The first-order valence-corrected chi connectivity index (χ1v) is 6.85. The smallest absolute Gasteiger partial charge is 0.331 e. The van der Waals surface area contributed by atoms with Gasteiger partial charge in [-0.15, -0.1) is 0 Å². The predicted octanol–water partition coefficient (Wildman–Crippen LogP) is 0.0623. The second-order valence-corrected chi connectivity index (χ2v) is 5.21. The molecule has 0 aliphatic carbocycles. The van der Waals surface area contributed by atoms with Crippen LogP contribution in [-0.4, -0.2) is 21.1 Å². The third-order valence-electron chi connectivity index (χ3n) is 3.39. The Morgan fingerprint density at radius 2 is 2.00 bits per heavy atom. The Kier molecular flexibility index (Phi) is 5.47.